The fourth-order valence-electron chi connectivity index (χ4n) is 1.07. The van der Waals surface area contributed by atoms with E-state index in [1.807, 2.05) is 6.26 Å². The molecule has 0 aliphatic rings. The molecule has 82 valence electrons. The number of benzene rings is 1. The highest BCUT2D eigenvalue weighted by Gasteiger charge is 2.14. The summed E-state index contributed by atoms with van der Waals surface area (Å²) in [6.07, 6.45) is 2.03. The van der Waals surface area contributed by atoms with E-state index >= 15 is 0 Å². The number of halogens is 3. The molecule has 0 radical (unpaired) electrons. The van der Waals surface area contributed by atoms with E-state index in [9.17, 15) is 13.6 Å². The fourth-order valence-corrected chi connectivity index (χ4v) is 1.61. The number of carbonyl (C=O) groups is 1. The average Bonchev–Trinajstić information content (AvgIpc) is 2.20. The van der Waals surface area contributed by atoms with Crippen LogP contribution in [0.3, 0.4) is 0 Å². The second-order valence-electron chi connectivity index (χ2n) is 2.91. The number of carbonyl (C=O) groups excluding carboxylic acids is 1. The molecule has 0 bridgehead atoms. The Kier molecular flexibility index (Phi) is 4.54. The first-order valence-corrected chi connectivity index (χ1v) is 6.00. The lowest BCUT2D eigenvalue weighted by molar-refractivity contribution is 0.0985. The average molecular weight is 251 g/mol. The van der Waals surface area contributed by atoms with E-state index < -0.39 is 17.4 Å². The SMILES string of the molecule is CSCCC(=O)c1cc(F)c(Cl)cc1F. The molecular weight excluding hydrogens is 242 g/mol. The molecule has 0 aliphatic carbocycles. The molecule has 0 saturated carbocycles. The van der Waals surface area contributed by atoms with E-state index in [1.165, 1.54) is 11.8 Å². The van der Waals surface area contributed by atoms with E-state index in [2.05, 4.69) is 0 Å². The van der Waals surface area contributed by atoms with Gasteiger partial charge in [0.15, 0.2) is 5.78 Å². The summed E-state index contributed by atoms with van der Waals surface area (Å²) in [5.41, 5.74) is -0.231. The predicted octanol–water partition coefficient (Wildman–Crippen LogP) is 3.55. The predicted molar refractivity (Wildman–Crippen MR) is 58.7 cm³/mol. The summed E-state index contributed by atoms with van der Waals surface area (Å²) in [4.78, 5) is 11.4. The smallest absolute Gasteiger partial charge is 0.166 e. The van der Waals surface area contributed by atoms with Crippen LogP contribution in [0.5, 0.6) is 0 Å². The zero-order valence-electron chi connectivity index (χ0n) is 8.02. The molecule has 0 spiro atoms. The van der Waals surface area contributed by atoms with E-state index in [-0.39, 0.29) is 17.0 Å². The third-order valence-corrected chi connectivity index (χ3v) is 2.75. The van der Waals surface area contributed by atoms with Gasteiger partial charge in [0.25, 0.3) is 0 Å². The largest absolute Gasteiger partial charge is 0.294 e. The van der Waals surface area contributed by atoms with Gasteiger partial charge < -0.3 is 0 Å². The zero-order chi connectivity index (χ0) is 11.4. The first kappa shape index (κ1) is 12.5. The summed E-state index contributed by atoms with van der Waals surface area (Å²) in [6, 6.07) is 1.67. The molecule has 0 aromatic heterocycles. The molecule has 0 unspecified atom stereocenters. The maximum atomic E-state index is 13.2. The van der Waals surface area contributed by atoms with Gasteiger partial charge in [-0.3, -0.25) is 4.79 Å². The van der Waals surface area contributed by atoms with Gasteiger partial charge in [0.2, 0.25) is 0 Å². The van der Waals surface area contributed by atoms with Crippen molar-refractivity contribution >= 4 is 29.1 Å². The minimum absolute atomic E-state index is 0.194. The molecule has 0 atom stereocenters. The molecule has 0 N–H and O–H groups in total. The van der Waals surface area contributed by atoms with Crippen molar-refractivity contribution in [1.82, 2.24) is 0 Å². The Balaban J connectivity index is 2.94. The normalized spacial score (nSPS) is 10.4. The van der Waals surface area contributed by atoms with Gasteiger partial charge in [0, 0.05) is 12.2 Å². The first-order chi connectivity index (χ1) is 7.06. The summed E-state index contributed by atoms with van der Waals surface area (Å²) in [5.74, 6) is -1.36. The number of hydrogen-bond donors (Lipinski definition) is 0. The highest BCUT2D eigenvalue weighted by atomic mass is 35.5. The van der Waals surface area contributed by atoms with Crippen molar-refractivity contribution in [2.75, 3.05) is 12.0 Å². The molecule has 1 aromatic carbocycles. The lowest BCUT2D eigenvalue weighted by atomic mass is 10.1. The van der Waals surface area contributed by atoms with Crippen LogP contribution in [0.15, 0.2) is 12.1 Å². The van der Waals surface area contributed by atoms with Crippen LogP contribution in [0.4, 0.5) is 8.78 Å². The Bertz CT molecular complexity index is 382. The highest BCUT2D eigenvalue weighted by Crippen LogP contribution is 2.20. The van der Waals surface area contributed by atoms with E-state index in [1.54, 1.807) is 0 Å². The molecule has 1 nitrogen and oxygen atoms in total. The van der Waals surface area contributed by atoms with Gasteiger partial charge in [-0.25, -0.2) is 8.78 Å². The summed E-state index contributed by atoms with van der Waals surface area (Å²) in [5, 5.41) is -0.311. The molecule has 0 fully saturated rings. The summed E-state index contributed by atoms with van der Waals surface area (Å²) in [6.45, 7) is 0. The quantitative estimate of drug-likeness (QED) is 0.600. The first-order valence-electron chi connectivity index (χ1n) is 4.23. The van der Waals surface area contributed by atoms with Crippen LogP contribution in [-0.2, 0) is 0 Å². The van der Waals surface area contributed by atoms with Crippen LogP contribution in [0.2, 0.25) is 5.02 Å². The van der Waals surface area contributed by atoms with Crippen LogP contribution < -0.4 is 0 Å². The van der Waals surface area contributed by atoms with Crippen molar-refractivity contribution in [3.05, 3.63) is 34.4 Å². The maximum absolute atomic E-state index is 13.2. The van der Waals surface area contributed by atoms with Crippen molar-refractivity contribution in [2.24, 2.45) is 0 Å². The van der Waals surface area contributed by atoms with E-state index in [4.69, 9.17) is 11.6 Å². The molecule has 5 heteroatoms. The van der Waals surface area contributed by atoms with Crippen molar-refractivity contribution in [3.63, 3.8) is 0 Å². The maximum Gasteiger partial charge on any atom is 0.166 e. The second-order valence-corrected chi connectivity index (χ2v) is 4.30. The van der Waals surface area contributed by atoms with Crippen LogP contribution >= 0.6 is 23.4 Å². The van der Waals surface area contributed by atoms with Gasteiger partial charge in [-0.15, -0.1) is 0 Å². The molecule has 0 aliphatic heterocycles. The van der Waals surface area contributed by atoms with Crippen LogP contribution in [0, 0.1) is 11.6 Å². The summed E-state index contributed by atoms with van der Waals surface area (Å²) in [7, 11) is 0. The molecule has 15 heavy (non-hydrogen) atoms. The number of ketones is 1. The number of hydrogen-bond acceptors (Lipinski definition) is 2. The van der Waals surface area contributed by atoms with Crippen molar-refractivity contribution in [1.29, 1.82) is 0 Å². The topological polar surface area (TPSA) is 17.1 Å². The number of Topliss-reactive ketones (excluding diaryl/α,β-unsaturated/α-hetero) is 1. The molecule has 1 aromatic rings. The molecule has 1 rings (SSSR count). The Morgan fingerprint density at radius 1 is 1.40 bits per heavy atom. The van der Waals surface area contributed by atoms with Crippen molar-refractivity contribution < 1.29 is 13.6 Å². The second kappa shape index (κ2) is 5.47. The van der Waals surface area contributed by atoms with Crippen molar-refractivity contribution in [2.45, 2.75) is 6.42 Å². The Morgan fingerprint density at radius 2 is 2.07 bits per heavy atom. The van der Waals surface area contributed by atoms with Gasteiger partial charge in [0.05, 0.1) is 10.6 Å². The minimum Gasteiger partial charge on any atom is -0.294 e. The molecule has 0 amide bonds. The third kappa shape index (κ3) is 3.18. The van der Waals surface area contributed by atoms with E-state index in [0.29, 0.717) is 5.75 Å². The Labute approximate surface area is 95.8 Å². The van der Waals surface area contributed by atoms with E-state index in [0.717, 1.165) is 12.1 Å². The Morgan fingerprint density at radius 3 is 2.67 bits per heavy atom. The van der Waals surface area contributed by atoms with Gasteiger partial charge in [0.1, 0.15) is 11.6 Å². The van der Waals surface area contributed by atoms with Gasteiger partial charge >= 0.3 is 0 Å². The minimum atomic E-state index is -0.773. The highest BCUT2D eigenvalue weighted by molar-refractivity contribution is 7.98. The van der Waals surface area contributed by atoms with Crippen LogP contribution in [-0.4, -0.2) is 17.8 Å². The molecule has 0 heterocycles. The summed E-state index contributed by atoms with van der Waals surface area (Å²) >= 11 is 6.84. The van der Waals surface area contributed by atoms with Gasteiger partial charge in [-0.1, -0.05) is 11.6 Å². The fraction of sp³-hybridized carbons (Fsp3) is 0.300. The van der Waals surface area contributed by atoms with Gasteiger partial charge in [-0.2, -0.15) is 11.8 Å². The lowest BCUT2D eigenvalue weighted by Crippen LogP contribution is -2.04. The molecule has 0 saturated heterocycles. The lowest BCUT2D eigenvalue weighted by Gasteiger charge is -2.03. The van der Waals surface area contributed by atoms with Gasteiger partial charge in [-0.05, 0) is 18.4 Å². The molecular formula is C10H9ClF2OS. The number of rotatable bonds is 4. The van der Waals surface area contributed by atoms with Crippen LogP contribution in [0.25, 0.3) is 0 Å². The number of thioether (sulfide) groups is 1. The third-order valence-electron chi connectivity index (χ3n) is 1.84. The standard InChI is InChI=1S/C10H9ClF2OS/c1-15-3-2-10(14)6-4-9(13)7(11)5-8(6)12/h4-5H,2-3H2,1H3. The van der Waals surface area contributed by atoms with Crippen LogP contribution in [0.1, 0.15) is 16.8 Å². The zero-order valence-corrected chi connectivity index (χ0v) is 9.59. The monoisotopic (exact) mass is 250 g/mol. The van der Waals surface area contributed by atoms with Crippen molar-refractivity contribution in [3.8, 4) is 0 Å². The summed E-state index contributed by atoms with van der Waals surface area (Å²) < 4.78 is 26.2. The Hall–Kier alpha value is -0.610.